The summed E-state index contributed by atoms with van der Waals surface area (Å²) in [5, 5.41) is 8.23. The predicted molar refractivity (Wildman–Crippen MR) is 109 cm³/mol. The van der Waals surface area contributed by atoms with Crippen LogP contribution in [0.5, 0.6) is 0 Å². The fourth-order valence-corrected chi connectivity index (χ4v) is 3.44. The lowest BCUT2D eigenvalue weighted by molar-refractivity contribution is 0.403. The van der Waals surface area contributed by atoms with Crippen LogP contribution in [0.2, 0.25) is 0 Å². The van der Waals surface area contributed by atoms with Crippen molar-refractivity contribution in [1.82, 2.24) is 10.4 Å². The summed E-state index contributed by atoms with van der Waals surface area (Å²) in [5.74, 6) is 0.693. The molecule has 0 aliphatic heterocycles. The molecule has 4 rings (SSSR count). The van der Waals surface area contributed by atoms with Crippen molar-refractivity contribution >= 4 is 0 Å². The normalized spacial score (nSPS) is 11.5. The number of rotatable bonds is 3. The number of hydrogen-bond acceptors (Lipinski definition) is 3. The van der Waals surface area contributed by atoms with Gasteiger partial charge in [0.25, 0.3) is 0 Å². The van der Waals surface area contributed by atoms with Crippen LogP contribution in [-0.2, 0) is 5.41 Å². The molecule has 0 saturated heterocycles. The molecule has 0 unspecified atom stereocenters. The topological polar surface area (TPSA) is 38.9 Å². The second-order valence-electron chi connectivity index (χ2n) is 7.66. The zero-order chi connectivity index (χ0) is 18.9. The molecule has 1 aromatic heterocycles. The van der Waals surface area contributed by atoms with E-state index >= 15 is 0 Å². The zero-order valence-electron chi connectivity index (χ0n) is 15.8. The van der Waals surface area contributed by atoms with Gasteiger partial charge in [-0.05, 0) is 22.1 Å². The molecule has 0 aliphatic rings. The van der Waals surface area contributed by atoms with Crippen LogP contribution in [0.1, 0.15) is 26.3 Å². The van der Waals surface area contributed by atoms with Crippen LogP contribution in [0.3, 0.4) is 0 Å². The molecule has 0 saturated carbocycles. The molecule has 0 fully saturated rings. The van der Waals surface area contributed by atoms with Gasteiger partial charge in [0, 0.05) is 16.4 Å². The first kappa shape index (κ1) is 17.2. The van der Waals surface area contributed by atoms with E-state index in [1.807, 2.05) is 36.4 Å². The van der Waals surface area contributed by atoms with Crippen molar-refractivity contribution in [2.24, 2.45) is 0 Å². The van der Waals surface area contributed by atoms with E-state index in [0.29, 0.717) is 5.76 Å². The molecule has 0 amide bonds. The monoisotopic (exact) mass is 354 g/mol. The van der Waals surface area contributed by atoms with E-state index in [9.17, 15) is 0 Å². The standard InChI is InChI=1S/C24H22N2O/c1-24(2,3)20-16-10-15-19(21(20)17-11-6-4-7-12-17)22-23(27-26-25-22)18-13-8-5-9-14-18/h4-16H,1-3H3. The summed E-state index contributed by atoms with van der Waals surface area (Å²) in [6.45, 7) is 6.70. The molecule has 4 aromatic rings. The summed E-state index contributed by atoms with van der Waals surface area (Å²) in [6.07, 6.45) is 0. The first-order valence-electron chi connectivity index (χ1n) is 9.13. The third-order valence-corrected chi connectivity index (χ3v) is 4.71. The molecule has 3 nitrogen and oxygen atoms in total. The smallest absolute Gasteiger partial charge is 0.195 e. The van der Waals surface area contributed by atoms with E-state index in [-0.39, 0.29) is 5.41 Å². The molecule has 0 aliphatic carbocycles. The third-order valence-electron chi connectivity index (χ3n) is 4.71. The van der Waals surface area contributed by atoms with Crippen molar-refractivity contribution in [2.75, 3.05) is 0 Å². The predicted octanol–water partition coefficient (Wildman–Crippen LogP) is 6.37. The van der Waals surface area contributed by atoms with Crippen LogP contribution in [0.15, 0.2) is 83.4 Å². The maximum absolute atomic E-state index is 5.56. The minimum absolute atomic E-state index is 0.00867. The fourth-order valence-electron chi connectivity index (χ4n) is 3.44. The van der Waals surface area contributed by atoms with Crippen LogP contribution in [0, 0.1) is 0 Å². The Morgan fingerprint density at radius 3 is 1.96 bits per heavy atom. The summed E-state index contributed by atoms with van der Waals surface area (Å²) in [6, 6.07) is 26.8. The Bertz CT molecular complexity index is 1040. The lowest BCUT2D eigenvalue weighted by atomic mass is 9.79. The fraction of sp³-hybridized carbons (Fsp3) is 0.167. The van der Waals surface area contributed by atoms with Gasteiger partial charge in [-0.25, -0.2) is 0 Å². The highest BCUT2D eigenvalue weighted by molar-refractivity contribution is 5.89. The number of aromatic nitrogens is 2. The largest absolute Gasteiger partial charge is 0.336 e. The Morgan fingerprint density at radius 1 is 0.704 bits per heavy atom. The van der Waals surface area contributed by atoms with Crippen molar-refractivity contribution in [3.63, 3.8) is 0 Å². The van der Waals surface area contributed by atoms with Gasteiger partial charge in [-0.15, -0.1) is 5.10 Å². The van der Waals surface area contributed by atoms with Crippen molar-refractivity contribution in [1.29, 1.82) is 0 Å². The molecule has 3 aromatic carbocycles. The molecular weight excluding hydrogens is 332 g/mol. The van der Waals surface area contributed by atoms with Crippen LogP contribution in [0.25, 0.3) is 33.7 Å². The van der Waals surface area contributed by atoms with Crippen molar-refractivity contribution < 1.29 is 4.52 Å². The Hall–Kier alpha value is -3.20. The van der Waals surface area contributed by atoms with Gasteiger partial charge in [0.05, 0.1) is 0 Å². The molecule has 27 heavy (non-hydrogen) atoms. The molecule has 0 radical (unpaired) electrons. The highest BCUT2D eigenvalue weighted by Gasteiger charge is 2.25. The Labute approximate surface area is 159 Å². The van der Waals surface area contributed by atoms with Gasteiger partial charge in [-0.3, -0.25) is 0 Å². The summed E-state index contributed by atoms with van der Waals surface area (Å²) < 4.78 is 5.56. The summed E-state index contributed by atoms with van der Waals surface area (Å²) in [7, 11) is 0. The lowest BCUT2D eigenvalue weighted by Crippen LogP contribution is -2.13. The third kappa shape index (κ3) is 3.28. The van der Waals surface area contributed by atoms with Gasteiger partial charge in [0.15, 0.2) is 5.76 Å². The molecule has 0 bridgehead atoms. The average molecular weight is 354 g/mol. The second-order valence-corrected chi connectivity index (χ2v) is 7.66. The van der Waals surface area contributed by atoms with E-state index in [4.69, 9.17) is 4.52 Å². The van der Waals surface area contributed by atoms with E-state index in [1.54, 1.807) is 0 Å². The second kappa shape index (κ2) is 6.84. The molecule has 1 heterocycles. The van der Waals surface area contributed by atoms with Crippen LogP contribution in [-0.4, -0.2) is 10.4 Å². The zero-order valence-corrected chi connectivity index (χ0v) is 15.8. The molecule has 0 N–H and O–H groups in total. The van der Waals surface area contributed by atoms with Crippen LogP contribution < -0.4 is 0 Å². The van der Waals surface area contributed by atoms with Gasteiger partial charge in [-0.1, -0.05) is 99.6 Å². The van der Waals surface area contributed by atoms with Crippen molar-refractivity contribution in [3.8, 4) is 33.7 Å². The quantitative estimate of drug-likeness (QED) is 0.429. The highest BCUT2D eigenvalue weighted by Crippen LogP contribution is 2.42. The summed E-state index contributed by atoms with van der Waals surface area (Å²) in [4.78, 5) is 0. The van der Waals surface area contributed by atoms with Crippen LogP contribution in [0.4, 0.5) is 0 Å². The van der Waals surface area contributed by atoms with Gasteiger partial charge in [0.2, 0.25) is 0 Å². The Kier molecular flexibility index (Phi) is 4.36. The molecule has 0 spiro atoms. The van der Waals surface area contributed by atoms with E-state index in [2.05, 4.69) is 73.6 Å². The van der Waals surface area contributed by atoms with Gasteiger partial charge in [0.1, 0.15) is 5.69 Å². The van der Waals surface area contributed by atoms with Gasteiger partial charge in [-0.2, -0.15) is 0 Å². The highest BCUT2D eigenvalue weighted by atomic mass is 16.5. The first-order valence-corrected chi connectivity index (χ1v) is 9.13. The minimum Gasteiger partial charge on any atom is -0.336 e. The summed E-state index contributed by atoms with van der Waals surface area (Å²) >= 11 is 0. The average Bonchev–Trinajstić information content (AvgIpc) is 3.18. The molecular formula is C24H22N2O. The van der Waals surface area contributed by atoms with E-state index in [0.717, 1.165) is 16.8 Å². The number of hydrogen-bond donors (Lipinski definition) is 0. The molecule has 3 heteroatoms. The number of nitrogens with zero attached hydrogens (tertiary/aromatic N) is 2. The van der Waals surface area contributed by atoms with E-state index < -0.39 is 0 Å². The van der Waals surface area contributed by atoms with Crippen molar-refractivity contribution in [3.05, 3.63) is 84.4 Å². The lowest BCUT2D eigenvalue weighted by Gasteiger charge is -2.25. The maximum Gasteiger partial charge on any atom is 0.195 e. The van der Waals surface area contributed by atoms with Crippen molar-refractivity contribution in [2.45, 2.75) is 26.2 Å². The first-order chi connectivity index (χ1) is 13.1. The maximum atomic E-state index is 5.56. The SMILES string of the molecule is CC(C)(C)c1cccc(-c2nnoc2-c2ccccc2)c1-c1ccccc1. The van der Waals surface area contributed by atoms with Crippen LogP contribution >= 0.6 is 0 Å². The van der Waals surface area contributed by atoms with E-state index in [1.165, 1.54) is 16.7 Å². The Balaban J connectivity index is 2.00. The number of benzene rings is 3. The molecule has 134 valence electrons. The summed E-state index contributed by atoms with van der Waals surface area (Å²) in [5.41, 5.74) is 6.38. The molecule has 0 atom stereocenters. The Morgan fingerprint density at radius 2 is 1.33 bits per heavy atom. The van der Waals surface area contributed by atoms with Gasteiger partial charge < -0.3 is 4.52 Å². The minimum atomic E-state index is -0.00867. The van der Waals surface area contributed by atoms with Gasteiger partial charge >= 0.3 is 0 Å².